The van der Waals surface area contributed by atoms with E-state index in [0.717, 1.165) is 33.4 Å². The zero-order valence-corrected chi connectivity index (χ0v) is 35.1. The Hall–Kier alpha value is -7.51. The zero-order valence-electron chi connectivity index (χ0n) is 35.1. The average Bonchev–Trinajstić information content (AvgIpc) is 3.96. The van der Waals surface area contributed by atoms with Crippen molar-refractivity contribution in [3.05, 3.63) is 180 Å². The summed E-state index contributed by atoms with van der Waals surface area (Å²) in [6.07, 6.45) is 7.10. The Bertz CT molecular complexity index is 2720. The van der Waals surface area contributed by atoms with E-state index >= 15 is 0 Å². The Balaban J connectivity index is 1.26. The summed E-state index contributed by atoms with van der Waals surface area (Å²) in [5.41, 5.74) is 7.65. The summed E-state index contributed by atoms with van der Waals surface area (Å²) >= 11 is 0. The first kappa shape index (κ1) is 41.2. The highest BCUT2D eigenvalue weighted by atomic mass is 16.6. The second-order valence-electron chi connectivity index (χ2n) is 16.1. The van der Waals surface area contributed by atoms with Gasteiger partial charge in [0.1, 0.15) is 33.8 Å². The first-order valence-corrected chi connectivity index (χ1v) is 20.4. The number of pyridine rings is 2. The van der Waals surface area contributed by atoms with Gasteiger partial charge < -0.3 is 25.0 Å². The van der Waals surface area contributed by atoms with Crippen LogP contribution >= 0.6 is 0 Å². The van der Waals surface area contributed by atoms with E-state index in [1.165, 1.54) is 4.90 Å². The third-order valence-electron chi connectivity index (χ3n) is 10.4. The number of ether oxygens (including phenoxy) is 1. The smallest absolute Gasteiger partial charge is 0.410 e. The maximum atomic E-state index is 12.9. The Labute approximate surface area is 360 Å². The van der Waals surface area contributed by atoms with Crippen LogP contribution in [0.3, 0.4) is 0 Å². The van der Waals surface area contributed by atoms with E-state index in [1.807, 2.05) is 106 Å². The number of aromatic nitrogens is 7. The van der Waals surface area contributed by atoms with E-state index in [2.05, 4.69) is 67.0 Å². The lowest BCUT2D eigenvalue weighted by Crippen LogP contribution is -2.38. The van der Waals surface area contributed by atoms with Gasteiger partial charge in [-0.05, 0) is 79.3 Å². The minimum absolute atomic E-state index is 0.0441. The van der Waals surface area contributed by atoms with Crippen LogP contribution in [0.2, 0.25) is 0 Å². The highest BCUT2D eigenvalue weighted by Gasteiger charge is 2.37. The first-order chi connectivity index (χ1) is 30.0. The van der Waals surface area contributed by atoms with Gasteiger partial charge in [-0.2, -0.15) is 0 Å². The average molecular weight is 825 g/mol. The van der Waals surface area contributed by atoms with E-state index in [4.69, 9.17) is 9.72 Å². The molecule has 8 rings (SSSR count). The van der Waals surface area contributed by atoms with Crippen LogP contribution in [0.25, 0.3) is 33.5 Å². The molecule has 0 aliphatic heterocycles. The van der Waals surface area contributed by atoms with Crippen LogP contribution in [-0.4, -0.2) is 76.0 Å². The van der Waals surface area contributed by atoms with Crippen molar-refractivity contribution in [1.29, 1.82) is 5.41 Å². The minimum Gasteiger partial charge on any atom is -0.444 e. The summed E-state index contributed by atoms with van der Waals surface area (Å²) < 4.78 is 7.27. The second-order valence-corrected chi connectivity index (χ2v) is 16.1. The fourth-order valence-corrected chi connectivity index (χ4v) is 7.55. The number of anilines is 1. The number of benzene rings is 4. The largest absolute Gasteiger partial charge is 0.444 e. The summed E-state index contributed by atoms with van der Waals surface area (Å²) in [5, 5.41) is 31.9. The van der Waals surface area contributed by atoms with E-state index in [9.17, 15) is 15.3 Å². The van der Waals surface area contributed by atoms with Crippen LogP contribution in [-0.2, 0) is 23.4 Å². The van der Waals surface area contributed by atoms with E-state index in [0.29, 0.717) is 52.5 Å². The second kappa shape index (κ2) is 17.6. The standard InChI is InChI=1S/C49H48N10O3/c1-48(2,3)62-47(61)58(4)31-33-27-35(30-51-29-33)34-21-22-40(55-49(36-15-8-5-9-16-36,37-17-10-6-11-18-37)38-19-12-7-13-20-38)39(28-34)43(50)46-53-41-23-24-52-44(45(41)54-46)42-32-59(57-56-42)25-14-26-60/h5-13,15-24,27-30,32,50,55,60H,14,25-26,31H2,1-4H3,(H,53,54). The van der Waals surface area contributed by atoms with Crippen molar-refractivity contribution in [1.82, 2.24) is 39.8 Å². The lowest BCUT2D eigenvalue weighted by molar-refractivity contribution is 0.0285. The highest BCUT2D eigenvalue weighted by molar-refractivity contribution is 6.14. The Morgan fingerprint density at radius 2 is 1.53 bits per heavy atom. The number of aliphatic hydroxyl groups is 1. The number of nitrogens with one attached hydrogen (secondary N) is 3. The molecule has 0 aliphatic rings. The van der Waals surface area contributed by atoms with Crippen molar-refractivity contribution in [3.8, 4) is 22.5 Å². The summed E-state index contributed by atoms with van der Waals surface area (Å²) in [6.45, 7) is 6.37. The van der Waals surface area contributed by atoms with Gasteiger partial charge in [-0.15, -0.1) is 5.10 Å². The molecular weight excluding hydrogens is 777 g/mol. The number of fused-ring (bicyclic) bond motifs is 1. The number of amides is 1. The first-order valence-electron chi connectivity index (χ1n) is 20.4. The van der Waals surface area contributed by atoms with Gasteiger partial charge in [-0.3, -0.25) is 20.1 Å². The topological polar surface area (TPSA) is 171 Å². The molecule has 0 aliphatic carbocycles. The lowest BCUT2D eigenvalue weighted by atomic mass is 9.76. The van der Waals surface area contributed by atoms with Crippen LogP contribution in [0.5, 0.6) is 0 Å². The number of carbonyl (C=O) groups excluding carboxylic acids is 1. The number of H-pyrrole nitrogens is 1. The molecule has 0 fully saturated rings. The number of rotatable bonds is 14. The van der Waals surface area contributed by atoms with E-state index in [-0.39, 0.29) is 18.9 Å². The molecule has 0 bridgehead atoms. The summed E-state index contributed by atoms with van der Waals surface area (Å²) in [6, 6.07) is 40.8. The number of aromatic amines is 1. The van der Waals surface area contributed by atoms with Gasteiger partial charge in [0, 0.05) is 55.6 Å². The van der Waals surface area contributed by atoms with Crippen molar-refractivity contribution in [2.75, 3.05) is 19.0 Å². The molecule has 0 radical (unpaired) electrons. The predicted octanol–water partition coefficient (Wildman–Crippen LogP) is 8.85. The predicted molar refractivity (Wildman–Crippen MR) is 241 cm³/mol. The molecule has 8 aromatic rings. The molecule has 13 nitrogen and oxygen atoms in total. The molecule has 0 saturated carbocycles. The van der Waals surface area contributed by atoms with Gasteiger partial charge >= 0.3 is 6.09 Å². The number of aryl methyl sites for hydroxylation is 1. The third-order valence-corrected chi connectivity index (χ3v) is 10.4. The molecular formula is C49H48N10O3. The van der Waals surface area contributed by atoms with Gasteiger partial charge in [0.2, 0.25) is 0 Å². The van der Waals surface area contributed by atoms with Crippen molar-refractivity contribution < 1.29 is 14.6 Å². The molecule has 4 heterocycles. The Kier molecular flexibility index (Phi) is 11.7. The van der Waals surface area contributed by atoms with Crippen LogP contribution in [0.1, 0.15) is 60.8 Å². The molecule has 13 heteroatoms. The molecule has 62 heavy (non-hydrogen) atoms. The molecule has 1 amide bonds. The maximum Gasteiger partial charge on any atom is 0.410 e. The fraction of sp³-hybridized carbons (Fsp3) is 0.204. The molecule has 0 saturated heterocycles. The lowest BCUT2D eigenvalue weighted by Gasteiger charge is -2.38. The van der Waals surface area contributed by atoms with Gasteiger partial charge in [-0.25, -0.2) is 9.78 Å². The van der Waals surface area contributed by atoms with Crippen LogP contribution < -0.4 is 5.32 Å². The van der Waals surface area contributed by atoms with Crippen molar-refractivity contribution in [3.63, 3.8) is 0 Å². The molecule has 4 aromatic heterocycles. The zero-order chi connectivity index (χ0) is 43.3. The minimum atomic E-state index is -0.888. The van der Waals surface area contributed by atoms with Crippen molar-refractivity contribution >= 4 is 28.5 Å². The van der Waals surface area contributed by atoms with Gasteiger partial charge in [0.05, 0.1) is 18.3 Å². The number of nitrogens with zero attached hydrogens (tertiary/aromatic N) is 7. The summed E-state index contributed by atoms with van der Waals surface area (Å²) in [7, 11) is 1.70. The van der Waals surface area contributed by atoms with Crippen molar-refractivity contribution in [2.45, 2.75) is 51.4 Å². The van der Waals surface area contributed by atoms with Crippen molar-refractivity contribution in [2.24, 2.45) is 0 Å². The maximum absolute atomic E-state index is 12.9. The molecule has 4 aromatic carbocycles. The quantitative estimate of drug-likeness (QED) is 0.0618. The van der Waals surface area contributed by atoms with Gasteiger partial charge in [-0.1, -0.05) is 102 Å². The molecule has 0 atom stereocenters. The summed E-state index contributed by atoms with van der Waals surface area (Å²) in [5.74, 6) is 0.331. The number of hydrogen-bond donors (Lipinski definition) is 4. The number of carbonyl (C=O) groups is 1. The molecule has 0 spiro atoms. The molecule has 312 valence electrons. The van der Waals surface area contributed by atoms with Gasteiger partial charge in [0.25, 0.3) is 0 Å². The van der Waals surface area contributed by atoms with Gasteiger partial charge in [0.15, 0.2) is 5.82 Å². The molecule has 0 unspecified atom stereocenters. The Morgan fingerprint density at radius 3 is 2.16 bits per heavy atom. The normalized spacial score (nSPS) is 11.7. The third kappa shape index (κ3) is 8.70. The van der Waals surface area contributed by atoms with E-state index in [1.54, 1.807) is 36.5 Å². The monoisotopic (exact) mass is 824 g/mol. The van der Waals surface area contributed by atoms with Crippen LogP contribution in [0.4, 0.5) is 10.5 Å². The fourth-order valence-electron chi connectivity index (χ4n) is 7.55. The van der Waals surface area contributed by atoms with Crippen LogP contribution in [0.15, 0.2) is 146 Å². The number of imidazole rings is 1. The number of aliphatic hydroxyl groups excluding tert-OH is 1. The van der Waals surface area contributed by atoms with Crippen LogP contribution in [0, 0.1) is 5.41 Å². The number of hydrogen-bond acceptors (Lipinski definition) is 10. The molecule has 4 N–H and O–H groups in total. The van der Waals surface area contributed by atoms with E-state index < -0.39 is 17.2 Å². The Morgan fingerprint density at radius 1 is 0.871 bits per heavy atom. The SMILES string of the molecule is CN(Cc1cncc(-c2ccc(NC(c3ccccc3)(c3ccccc3)c3ccccc3)c(C(=N)c3nc4c(-c5cn(CCCO)nn5)nccc4[nH]3)c2)c1)C(=O)OC(C)(C)C. The summed E-state index contributed by atoms with van der Waals surface area (Å²) in [4.78, 5) is 32.0. The highest BCUT2D eigenvalue weighted by Crippen LogP contribution is 2.42.